The standard InChI is InChI=1S/C15H14ClN3OS/c1-10-2-5-13(6-3-10)19(15(17)21)18-9-11-8-12(16)4-7-14(11)20/h2-9,20H,1H3,(H2,17,21). The number of benzene rings is 2. The largest absolute Gasteiger partial charge is 0.507 e. The maximum absolute atomic E-state index is 9.76. The van der Waals surface area contributed by atoms with E-state index in [4.69, 9.17) is 29.6 Å². The van der Waals surface area contributed by atoms with E-state index in [9.17, 15) is 5.11 Å². The molecule has 0 heterocycles. The van der Waals surface area contributed by atoms with Gasteiger partial charge in [0.25, 0.3) is 0 Å². The van der Waals surface area contributed by atoms with Crippen LogP contribution in [-0.2, 0) is 0 Å². The Bertz CT molecular complexity index is 686. The van der Waals surface area contributed by atoms with Gasteiger partial charge in [0.05, 0.1) is 11.9 Å². The summed E-state index contributed by atoms with van der Waals surface area (Å²) in [7, 11) is 0. The van der Waals surface area contributed by atoms with Crippen molar-refractivity contribution in [2.45, 2.75) is 6.92 Å². The highest BCUT2D eigenvalue weighted by atomic mass is 35.5. The van der Waals surface area contributed by atoms with Crippen molar-refractivity contribution in [3.8, 4) is 5.75 Å². The molecule has 2 rings (SSSR count). The van der Waals surface area contributed by atoms with E-state index in [2.05, 4.69) is 5.10 Å². The van der Waals surface area contributed by atoms with Gasteiger partial charge in [-0.3, -0.25) is 0 Å². The van der Waals surface area contributed by atoms with Crippen molar-refractivity contribution in [1.29, 1.82) is 0 Å². The fourth-order valence-corrected chi connectivity index (χ4v) is 2.02. The molecule has 0 amide bonds. The highest BCUT2D eigenvalue weighted by molar-refractivity contribution is 7.80. The highest BCUT2D eigenvalue weighted by Crippen LogP contribution is 2.21. The maximum Gasteiger partial charge on any atom is 0.191 e. The van der Waals surface area contributed by atoms with Crippen LogP contribution < -0.4 is 10.7 Å². The first-order valence-electron chi connectivity index (χ1n) is 6.16. The van der Waals surface area contributed by atoms with Gasteiger partial charge in [-0.2, -0.15) is 5.10 Å². The predicted octanol–water partition coefficient (Wildman–Crippen LogP) is 3.44. The smallest absolute Gasteiger partial charge is 0.191 e. The van der Waals surface area contributed by atoms with Crippen molar-refractivity contribution >= 4 is 40.8 Å². The second-order valence-corrected chi connectivity index (χ2v) is 5.29. The Morgan fingerprint density at radius 3 is 2.57 bits per heavy atom. The van der Waals surface area contributed by atoms with Crippen LogP contribution in [0.3, 0.4) is 0 Å². The zero-order valence-corrected chi connectivity index (χ0v) is 12.9. The summed E-state index contributed by atoms with van der Waals surface area (Å²) in [5.74, 6) is 0.0787. The van der Waals surface area contributed by atoms with Crippen LogP contribution in [0.1, 0.15) is 11.1 Å². The van der Waals surface area contributed by atoms with Crippen molar-refractivity contribution in [2.75, 3.05) is 5.01 Å². The number of halogens is 1. The summed E-state index contributed by atoms with van der Waals surface area (Å²) >= 11 is 10.9. The minimum atomic E-state index is 0.0787. The molecule has 6 heteroatoms. The van der Waals surface area contributed by atoms with E-state index in [1.165, 1.54) is 17.3 Å². The third kappa shape index (κ3) is 3.93. The van der Waals surface area contributed by atoms with Gasteiger partial charge in [-0.1, -0.05) is 29.3 Å². The van der Waals surface area contributed by atoms with Crippen LogP contribution in [0.5, 0.6) is 5.75 Å². The minimum Gasteiger partial charge on any atom is -0.507 e. The summed E-state index contributed by atoms with van der Waals surface area (Å²) in [6.45, 7) is 1.99. The first kappa shape index (κ1) is 15.3. The van der Waals surface area contributed by atoms with Crippen LogP contribution in [0.4, 0.5) is 5.69 Å². The Labute approximate surface area is 133 Å². The molecule has 2 aromatic carbocycles. The number of aromatic hydroxyl groups is 1. The van der Waals surface area contributed by atoms with Gasteiger partial charge in [-0.25, -0.2) is 5.01 Å². The van der Waals surface area contributed by atoms with E-state index in [0.29, 0.717) is 10.6 Å². The quantitative estimate of drug-likeness (QED) is 0.517. The molecule has 0 radical (unpaired) electrons. The molecule has 0 aromatic heterocycles. The predicted molar refractivity (Wildman–Crippen MR) is 91.2 cm³/mol. The van der Waals surface area contributed by atoms with Crippen molar-refractivity contribution in [3.05, 3.63) is 58.6 Å². The van der Waals surface area contributed by atoms with Gasteiger partial charge in [0, 0.05) is 10.6 Å². The summed E-state index contributed by atoms with van der Waals surface area (Å²) in [4.78, 5) is 0. The highest BCUT2D eigenvalue weighted by Gasteiger charge is 2.08. The lowest BCUT2D eigenvalue weighted by atomic mass is 10.2. The van der Waals surface area contributed by atoms with Gasteiger partial charge >= 0.3 is 0 Å². The van der Waals surface area contributed by atoms with Gasteiger partial charge in [-0.05, 0) is 49.5 Å². The third-order valence-corrected chi connectivity index (χ3v) is 3.20. The van der Waals surface area contributed by atoms with Gasteiger partial charge in [-0.15, -0.1) is 0 Å². The van der Waals surface area contributed by atoms with Crippen LogP contribution in [0.15, 0.2) is 47.6 Å². The van der Waals surface area contributed by atoms with E-state index >= 15 is 0 Å². The molecule has 0 aliphatic carbocycles. The normalized spacial score (nSPS) is 10.8. The summed E-state index contributed by atoms with van der Waals surface area (Å²) in [6, 6.07) is 12.3. The van der Waals surface area contributed by atoms with Crippen LogP contribution in [0, 0.1) is 6.92 Å². The molecule has 0 atom stereocenters. The lowest BCUT2D eigenvalue weighted by Gasteiger charge is -2.16. The number of hydrogen-bond acceptors (Lipinski definition) is 3. The van der Waals surface area contributed by atoms with E-state index in [-0.39, 0.29) is 10.9 Å². The number of nitrogens with two attached hydrogens (primary N) is 1. The molecule has 0 spiro atoms. The molecule has 0 fully saturated rings. The lowest BCUT2D eigenvalue weighted by molar-refractivity contribution is 0.474. The van der Waals surface area contributed by atoms with Crippen molar-refractivity contribution in [1.82, 2.24) is 0 Å². The lowest BCUT2D eigenvalue weighted by Crippen LogP contribution is -2.30. The molecular weight excluding hydrogens is 306 g/mol. The van der Waals surface area contributed by atoms with E-state index in [0.717, 1.165) is 11.3 Å². The molecule has 0 bridgehead atoms. The number of hydrazone groups is 1. The topological polar surface area (TPSA) is 61.8 Å². The minimum absolute atomic E-state index is 0.0787. The molecule has 2 aromatic rings. The van der Waals surface area contributed by atoms with Crippen LogP contribution >= 0.6 is 23.8 Å². The molecule has 0 saturated carbocycles. The Hall–Kier alpha value is -2.11. The number of phenols is 1. The summed E-state index contributed by atoms with van der Waals surface area (Å²) in [5.41, 5.74) is 8.04. The number of nitrogens with zero attached hydrogens (tertiary/aromatic N) is 2. The third-order valence-electron chi connectivity index (χ3n) is 2.79. The number of aryl methyl sites for hydroxylation is 1. The van der Waals surface area contributed by atoms with Crippen molar-refractivity contribution in [2.24, 2.45) is 10.8 Å². The van der Waals surface area contributed by atoms with Gasteiger partial charge in [0.15, 0.2) is 5.11 Å². The molecule has 0 aliphatic rings. The zero-order valence-electron chi connectivity index (χ0n) is 11.3. The maximum atomic E-state index is 9.76. The molecule has 0 aliphatic heterocycles. The average molecular weight is 320 g/mol. The Balaban J connectivity index is 2.32. The monoisotopic (exact) mass is 319 g/mol. The van der Waals surface area contributed by atoms with E-state index in [1.807, 2.05) is 31.2 Å². The van der Waals surface area contributed by atoms with Crippen molar-refractivity contribution < 1.29 is 5.11 Å². The fourth-order valence-electron chi connectivity index (χ4n) is 1.69. The first-order valence-corrected chi connectivity index (χ1v) is 6.95. The van der Waals surface area contributed by atoms with Gasteiger partial charge in [0.1, 0.15) is 5.75 Å². The number of phenolic OH excluding ortho intramolecular Hbond substituents is 1. The average Bonchev–Trinajstić information content (AvgIpc) is 2.44. The second-order valence-electron chi connectivity index (χ2n) is 4.43. The van der Waals surface area contributed by atoms with Crippen molar-refractivity contribution in [3.63, 3.8) is 0 Å². The number of hydrogen-bond donors (Lipinski definition) is 2. The molecule has 108 valence electrons. The zero-order chi connectivity index (χ0) is 15.4. The molecule has 3 N–H and O–H groups in total. The number of anilines is 1. The number of rotatable bonds is 3. The first-order chi connectivity index (χ1) is 9.97. The second kappa shape index (κ2) is 6.56. The fraction of sp³-hybridized carbons (Fsp3) is 0.0667. The van der Waals surface area contributed by atoms with Crippen LogP contribution in [0.25, 0.3) is 0 Å². The van der Waals surface area contributed by atoms with E-state index < -0.39 is 0 Å². The Morgan fingerprint density at radius 2 is 1.95 bits per heavy atom. The van der Waals surface area contributed by atoms with Gasteiger partial charge in [0.2, 0.25) is 0 Å². The summed E-state index contributed by atoms with van der Waals surface area (Å²) < 4.78 is 0. The Morgan fingerprint density at radius 1 is 1.29 bits per heavy atom. The van der Waals surface area contributed by atoms with Crippen LogP contribution in [-0.4, -0.2) is 16.4 Å². The molecule has 21 heavy (non-hydrogen) atoms. The van der Waals surface area contributed by atoms with Gasteiger partial charge < -0.3 is 10.8 Å². The van der Waals surface area contributed by atoms with E-state index in [1.54, 1.807) is 12.1 Å². The SMILES string of the molecule is Cc1ccc(N(N=Cc2cc(Cl)ccc2O)C(N)=S)cc1. The Kier molecular flexibility index (Phi) is 4.77. The van der Waals surface area contributed by atoms with Crippen LogP contribution in [0.2, 0.25) is 5.02 Å². The molecule has 0 unspecified atom stereocenters. The molecule has 4 nitrogen and oxygen atoms in total. The summed E-state index contributed by atoms with van der Waals surface area (Å²) in [6.07, 6.45) is 1.46. The molecule has 0 saturated heterocycles. The number of thiocarbonyl (C=S) groups is 1. The molecular formula is C15H14ClN3OS. The summed E-state index contributed by atoms with van der Waals surface area (Å²) in [5, 5.41) is 16.0.